The minimum atomic E-state index is -1.64. The van der Waals surface area contributed by atoms with Crippen LogP contribution in [0.15, 0.2) is 0 Å². The van der Waals surface area contributed by atoms with Crippen LogP contribution in [-0.2, 0) is 0 Å². The fourth-order valence-corrected chi connectivity index (χ4v) is 2.95. The molecule has 0 saturated heterocycles. The van der Waals surface area contributed by atoms with Gasteiger partial charge in [-0.2, -0.15) is 0 Å². The van der Waals surface area contributed by atoms with Crippen molar-refractivity contribution in [2.75, 3.05) is 6.16 Å². The Hall–Kier alpha value is 0.350. The first kappa shape index (κ1) is 19.4. The maximum Gasteiger partial charge on any atom is 0.164 e. The minimum Gasteiger partial charge on any atom is -0.350 e. The highest BCUT2D eigenvalue weighted by Crippen LogP contribution is 2.24. The van der Waals surface area contributed by atoms with Crippen molar-refractivity contribution in [1.82, 2.24) is 0 Å². The van der Waals surface area contributed by atoms with Crippen LogP contribution in [-0.4, -0.2) is 15.9 Å². The zero-order valence-corrected chi connectivity index (χ0v) is 13.8. The molecule has 0 bridgehead atoms. The van der Waals surface area contributed by atoms with Gasteiger partial charge < -0.3 is 9.79 Å². The standard InChI is InChI=1S/C16H35O2P/c1-2-3-4-5-6-7-8-9-10-11-12-13-14-15-16-19(17)18/h17-18H,2-16H2,1H3. The Morgan fingerprint density at radius 1 is 0.526 bits per heavy atom. The molecule has 0 saturated carbocycles. The average Bonchev–Trinajstić information content (AvgIpc) is 2.39. The van der Waals surface area contributed by atoms with E-state index >= 15 is 0 Å². The second-order valence-electron chi connectivity index (χ2n) is 5.69. The number of unbranched alkanes of at least 4 members (excludes halogenated alkanes) is 13. The molecule has 116 valence electrons. The van der Waals surface area contributed by atoms with Crippen LogP contribution >= 0.6 is 8.38 Å². The fraction of sp³-hybridized carbons (Fsp3) is 1.00. The summed E-state index contributed by atoms with van der Waals surface area (Å²) in [5, 5.41) is 0. The lowest BCUT2D eigenvalue weighted by Gasteiger charge is -2.03. The van der Waals surface area contributed by atoms with Gasteiger partial charge in [-0.1, -0.05) is 90.4 Å². The summed E-state index contributed by atoms with van der Waals surface area (Å²) in [7, 11) is -1.64. The third kappa shape index (κ3) is 18.4. The Morgan fingerprint density at radius 3 is 1.16 bits per heavy atom. The highest BCUT2D eigenvalue weighted by atomic mass is 31.2. The van der Waals surface area contributed by atoms with Crippen LogP contribution in [0.1, 0.15) is 96.8 Å². The summed E-state index contributed by atoms with van der Waals surface area (Å²) in [5.41, 5.74) is 0. The van der Waals surface area contributed by atoms with E-state index in [0.29, 0.717) is 6.16 Å². The second-order valence-corrected chi connectivity index (χ2v) is 6.88. The second kappa shape index (κ2) is 16.4. The quantitative estimate of drug-likeness (QED) is 0.297. The van der Waals surface area contributed by atoms with E-state index < -0.39 is 8.38 Å². The van der Waals surface area contributed by atoms with Crippen LogP contribution in [0.3, 0.4) is 0 Å². The third-order valence-corrected chi connectivity index (χ3v) is 4.43. The molecule has 0 radical (unpaired) electrons. The molecular formula is C16H35O2P. The Labute approximate surface area is 121 Å². The van der Waals surface area contributed by atoms with Crippen molar-refractivity contribution in [3.63, 3.8) is 0 Å². The predicted molar refractivity (Wildman–Crippen MR) is 86.5 cm³/mol. The maximum atomic E-state index is 8.76. The first-order valence-electron chi connectivity index (χ1n) is 8.42. The molecule has 0 aromatic carbocycles. The molecule has 0 fully saturated rings. The van der Waals surface area contributed by atoms with Gasteiger partial charge >= 0.3 is 0 Å². The molecule has 0 atom stereocenters. The SMILES string of the molecule is CCCCCCCCCCCCCCCCP(O)O. The first-order valence-corrected chi connectivity index (χ1v) is 9.86. The molecule has 0 heterocycles. The van der Waals surface area contributed by atoms with E-state index in [0.717, 1.165) is 12.8 Å². The minimum absolute atomic E-state index is 0.605. The maximum absolute atomic E-state index is 8.76. The van der Waals surface area contributed by atoms with Crippen molar-refractivity contribution in [3.05, 3.63) is 0 Å². The molecule has 19 heavy (non-hydrogen) atoms. The van der Waals surface area contributed by atoms with Gasteiger partial charge in [0.25, 0.3) is 0 Å². The average molecular weight is 290 g/mol. The molecule has 0 spiro atoms. The lowest BCUT2D eigenvalue weighted by atomic mass is 10.0. The van der Waals surface area contributed by atoms with E-state index in [4.69, 9.17) is 9.79 Å². The van der Waals surface area contributed by atoms with Crippen molar-refractivity contribution in [3.8, 4) is 0 Å². The van der Waals surface area contributed by atoms with Crippen LogP contribution < -0.4 is 0 Å². The third-order valence-electron chi connectivity index (χ3n) is 3.71. The van der Waals surface area contributed by atoms with Crippen LogP contribution in [0.25, 0.3) is 0 Å². The van der Waals surface area contributed by atoms with Crippen LogP contribution in [0, 0.1) is 0 Å². The topological polar surface area (TPSA) is 40.5 Å². The van der Waals surface area contributed by atoms with Gasteiger partial charge in [-0.05, 0) is 6.42 Å². The summed E-state index contributed by atoms with van der Waals surface area (Å²) >= 11 is 0. The van der Waals surface area contributed by atoms with Gasteiger partial charge in [-0.15, -0.1) is 0 Å². The largest absolute Gasteiger partial charge is 0.350 e. The highest BCUT2D eigenvalue weighted by Gasteiger charge is 1.97. The van der Waals surface area contributed by atoms with E-state index in [9.17, 15) is 0 Å². The normalized spacial score (nSPS) is 11.4. The van der Waals surface area contributed by atoms with Crippen LogP contribution in [0.2, 0.25) is 0 Å². The summed E-state index contributed by atoms with van der Waals surface area (Å²) in [6, 6.07) is 0. The lowest BCUT2D eigenvalue weighted by molar-refractivity contribution is 0.477. The molecule has 0 amide bonds. The summed E-state index contributed by atoms with van der Waals surface area (Å²) in [5.74, 6) is 0. The van der Waals surface area contributed by atoms with E-state index in [-0.39, 0.29) is 0 Å². The fourth-order valence-electron chi connectivity index (χ4n) is 2.45. The van der Waals surface area contributed by atoms with Crippen LogP contribution in [0.5, 0.6) is 0 Å². The van der Waals surface area contributed by atoms with Gasteiger partial charge in [-0.25, -0.2) is 0 Å². The van der Waals surface area contributed by atoms with Crippen molar-refractivity contribution in [1.29, 1.82) is 0 Å². The zero-order chi connectivity index (χ0) is 14.2. The smallest absolute Gasteiger partial charge is 0.164 e. The van der Waals surface area contributed by atoms with Gasteiger partial charge in [-0.3, -0.25) is 0 Å². The van der Waals surface area contributed by atoms with Gasteiger partial charge in [0, 0.05) is 6.16 Å². The lowest BCUT2D eigenvalue weighted by Crippen LogP contribution is -1.85. The molecule has 0 aromatic heterocycles. The van der Waals surface area contributed by atoms with Gasteiger partial charge in [0.15, 0.2) is 8.38 Å². The van der Waals surface area contributed by atoms with Gasteiger partial charge in [0.2, 0.25) is 0 Å². The zero-order valence-electron chi connectivity index (χ0n) is 12.9. The molecule has 0 unspecified atom stereocenters. The van der Waals surface area contributed by atoms with Crippen molar-refractivity contribution in [2.24, 2.45) is 0 Å². The van der Waals surface area contributed by atoms with E-state index in [1.807, 2.05) is 0 Å². The van der Waals surface area contributed by atoms with E-state index in [1.54, 1.807) is 0 Å². The predicted octanol–water partition coefficient (Wildman–Crippen LogP) is 5.76. The molecule has 0 rings (SSSR count). The summed E-state index contributed by atoms with van der Waals surface area (Å²) in [6.07, 6.45) is 19.4. The molecule has 2 nitrogen and oxygen atoms in total. The molecular weight excluding hydrogens is 255 g/mol. The Bertz CT molecular complexity index is 163. The molecule has 3 heteroatoms. The van der Waals surface area contributed by atoms with E-state index in [1.165, 1.54) is 77.0 Å². The molecule has 0 aliphatic heterocycles. The Balaban J connectivity index is 2.91. The van der Waals surface area contributed by atoms with Gasteiger partial charge in [0.05, 0.1) is 0 Å². The first-order chi connectivity index (χ1) is 9.27. The van der Waals surface area contributed by atoms with Crippen LogP contribution in [0.4, 0.5) is 0 Å². The number of rotatable bonds is 15. The van der Waals surface area contributed by atoms with Crippen molar-refractivity contribution < 1.29 is 9.79 Å². The Kier molecular flexibility index (Phi) is 16.7. The van der Waals surface area contributed by atoms with Crippen molar-refractivity contribution in [2.45, 2.75) is 96.8 Å². The monoisotopic (exact) mass is 290 g/mol. The Morgan fingerprint density at radius 2 is 0.842 bits per heavy atom. The molecule has 0 aliphatic carbocycles. The molecule has 0 aliphatic rings. The highest BCUT2D eigenvalue weighted by molar-refractivity contribution is 7.45. The van der Waals surface area contributed by atoms with Crippen molar-refractivity contribution >= 4 is 8.38 Å². The summed E-state index contributed by atoms with van der Waals surface area (Å²) in [4.78, 5) is 17.5. The molecule has 0 aromatic rings. The molecule has 2 N–H and O–H groups in total. The van der Waals surface area contributed by atoms with E-state index in [2.05, 4.69) is 6.92 Å². The summed E-state index contributed by atoms with van der Waals surface area (Å²) < 4.78 is 0. The number of hydrogen-bond acceptors (Lipinski definition) is 2. The summed E-state index contributed by atoms with van der Waals surface area (Å²) in [6.45, 7) is 2.27. The number of hydrogen-bond donors (Lipinski definition) is 2. The van der Waals surface area contributed by atoms with Gasteiger partial charge in [0.1, 0.15) is 0 Å².